The summed E-state index contributed by atoms with van der Waals surface area (Å²) in [6.45, 7) is 5.75. The van der Waals surface area contributed by atoms with Gasteiger partial charge in [0.1, 0.15) is 0 Å². The highest BCUT2D eigenvalue weighted by Gasteiger charge is 2.46. The number of carbonyl (C=O) groups excluding carboxylic acids is 1. The molecule has 3 nitrogen and oxygen atoms in total. The molecule has 0 fully saturated rings. The first kappa shape index (κ1) is 12.4. The zero-order valence-corrected chi connectivity index (χ0v) is 9.30. The van der Waals surface area contributed by atoms with Crippen LogP contribution in [-0.2, 0) is 4.79 Å². The second-order valence-electron chi connectivity index (χ2n) is 3.07. The number of nitrogens with one attached hydrogen (secondary N) is 1. The van der Waals surface area contributed by atoms with Crippen LogP contribution in [0.4, 0.5) is 14.5 Å². The van der Waals surface area contributed by atoms with Gasteiger partial charge in [-0.2, -0.15) is 8.78 Å². The topological polar surface area (TPSA) is 38.3 Å². The Balaban J connectivity index is 0.000000606. The predicted octanol–water partition coefficient (Wildman–Crippen LogP) is 2.94. The Morgan fingerprint density at radius 1 is 1.31 bits per heavy atom. The summed E-state index contributed by atoms with van der Waals surface area (Å²) in [4.78, 5) is 10.8. The van der Waals surface area contributed by atoms with E-state index >= 15 is 0 Å². The fraction of sp³-hybridized carbons (Fsp3) is 0.364. The minimum atomic E-state index is -3.78. The van der Waals surface area contributed by atoms with E-state index in [9.17, 15) is 13.6 Å². The van der Waals surface area contributed by atoms with Crippen LogP contribution in [0.15, 0.2) is 18.2 Å². The molecule has 0 saturated carbocycles. The second-order valence-corrected chi connectivity index (χ2v) is 3.07. The van der Waals surface area contributed by atoms with E-state index < -0.39 is 12.0 Å². The van der Waals surface area contributed by atoms with E-state index in [-0.39, 0.29) is 11.4 Å². The van der Waals surface area contributed by atoms with E-state index in [0.717, 1.165) is 5.56 Å². The van der Waals surface area contributed by atoms with Crippen molar-refractivity contribution in [3.8, 4) is 5.75 Å². The molecule has 1 amide bonds. The summed E-state index contributed by atoms with van der Waals surface area (Å²) in [5.74, 6) is -1.44. The molecule has 0 unspecified atom stereocenters. The number of aryl methyl sites for hydroxylation is 1. The number of carbonyl (C=O) groups is 1. The number of ether oxygens (including phenoxy) is 1. The SMILES string of the molecule is CC.Cc1ccc2c(c1)OC(F)(F)C(=O)N2. The summed E-state index contributed by atoms with van der Waals surface area (Å²) < 4.78 is 29.8. The fourth-order valence-electron chi connectivity index (χ4n) is 1.20. The van der Waals surface area contributed by atoms with Crippen LogP contribution in [0.25, 0.3) is 0 Å². The lowest BCUT2D eigenvalue weighted by atomic mass is 10.2. The predicted molar refractivity (Wildman–Crippen MR) is 56.7 cm³/mol. The molecule has 0 atom stereocenters. The van der Waals surface area contributed by atoms with Crippen LogP contribution in [0.1, 0.15) is 19.4 Å². The van der Waals surface area contributed by atoms with Gasteiger partial charge in [-0.25, -0.2) is 0 Å². The maximum absolute atomic E-state index is 12.8. The molecule has 1 N–H and O–H groups in total. The van der Waals surface area contributed by atoms with Crippen LogP contribution in [0.2, 0.25) is 0 Å². The number of hydrogen-bond donors (Lipinski definition) is 1. The molecule has 16 heavy (non-hydrogen) atoms. The Morgan fingerprint density at radius 3 is 2.56 bits per heavy atom. The van der Waals surface area contributed by atoms with Crippen LogP contribution in [0.5, 0.6) is 5.75 Å². The monoisotopic (exact) mass is 229 g/mol. The molecule has 1 aromatic rings. The molecule has 5 heteroatoms. The van der Waals surface area contributed by atoms with Gasteiger partial charge >= 0.3 is 12.0 Å². The minimum absolute atomic E-state index is 0.00500. The number of benzene rings is 1. The Labute approximate surface area is 92.4 Å². The Hall–Kier alpha value is -1.65. The van der Waals surface area contributed by atoms with Crippen molar-refractivity contribution in [3.63, 3.8) is 0 Å². The molecule has 1 aliphatic heterocycles. The van der Waals surface area contributed by atoms with Gasteiger partial charge in [0.25, 0.3) is 0 Å². The number of alkyl halides is 2. The van der Waals surface area contributed by atoms with Gasteiger partial charge in [-0.15, -0.1) is 0 Å². The van der Waals surface area contributed by atoms with Gasteiger partial charge in [-0.3, -0.25) is 4.79 Å². The molecule has 2 rings (SSSR count). The number of amides is 1. The average Bonchev–Trinajstić information content (AvgIpc) is 2.23. The normalized spacial score (nSPS) is 16.2. The Bertz CT molecular complexity index is 405. The summed E-state index contributed by atoms with van der Waals surface area (Å²) in [5.41, 5.74) is 1.06. The summed E-state index contributed by atoms with van der Waals surface area (Å²) in [7, 11) is 0. The maximum atomic E-state index is 12.8. The van der Waals surface area contributed by atoms with Crippen molar-refractivity contribution in [1.82, 2.24) is 0 Å². The largest absolute Gasteiger partial charge is 0.482 e. The fourth-order valence-corrected chi connectivity index (χ4v) is 1.20. The van der Waals surface area contributed by atoms with E-state index in [2.05, 4.69) is 10.1 Å². The highest BCUT2D eigenvalue weighted by Crippen LogP contribution is 2.35. The number of hydrogen-bond acceptors (Lipinski definition) is 2. The summed E-state index contributed by atoms with van der Waals surface area (Å²) in [6.07, 6.45) is -3.78. The number of rotatable bonds is 0. The lowest BCUT2D eigenvalue weighted by molar-refractivity contribution is -0.189. The summed E-state index contributed by atoms with van der Waals surface area (Å²) in [5, 5.41) is 2.06. The van der Waals surface area contributed by atoms with E-state index in [1.807, 2.05) is 13.8 Å². The first-order valence-electron chi connectivity index (χ1n) is 4.98. The first-order chi connectivity index (χ1) is 7.49. The lowest BCUT2D eigenvalue weighted by Gasteiger charge is -2.24. The molecule has 1 aliphatic rings. The van der Waals surface area contributed by atoms with Crippen molar-refractivity contribution in [2.24, 2.45) is 0 Å². The molecule has 0 bridgehead atoms. The molecule has 0 aliphatic carbocycles. The highest BCUT2D eigenvalue weighted by atomic mass is 19.3. The third kappa shape index (κ3) is 2.29. The zero-order valence-electron chi connectivity index (χ0n) is 9.30. The van der Waals surface area contributed by atoms with Crippen LogP contribution >= 0.6 is 0 Å². The number of fused-ring (bicyclic) bond motifs is 1. The van der Waals surface area contributed by atoms with E-state index in [0.29, 0.717) is 0 Å². The second kappa shape index (κ2) is 4.47. The van der Waals surface area contributed by atoms with Gasteiger partial charge in [0.05, 0.1) is 5.69 Å². The molecule has 88 valence electrons. The highest BCUT2D eigenvalue weighted by molar-refractivity contribution is 5.98. The maximum Gasteiger partial charge on any atom is 0.482 e. The van der Waals surface area contributed by atoms with Crippen molar-refractivity contribution in [1.29, 1.82) is 0 Å². The van der Waals surface area contributed by atoms with E-state index in [1.54, 1.807) is 13.0 Å². The number of anilines is 1. The van der Waals surface area contributed by atoms with Crippen molar-refractivity contribution in [3.05, 3.63) is 23.8 Å². The van der Waals surface area contributed by atoms with Gasteiger partial charge in [-0.1, -0.05) is 19.9 Å². The Kier molecular flexibility index (Phi) is 3.47. The molecule has 0 spiro atoms. The standard InChI is InChI=1S/C9H7F2NO2.C2H6/c1-5-2-3-6-7(4-5)14-9(10,11)8(13)12-6;1-2/h2-4H,1H3,(H,12,13);1-2H3. The van der Waals surface area contributed by atoms with Gasteiger partial charge in [0.15, 0.2) is 5.75 Å². The Morgan fingerprint density at radius 2 is 1.94 bits per heavy atom. The van der Waals surface area contributed by atoms with Crippen LogP contribution in [-0.4, -0.2) is 12.0 Å². The molecular weight excluding hydrogens is 216 g/mol. The average molecular weight is 229 g/mol. The van der Waals surface area contributed by atoms with Gasteiger partial charge < -0.3 is 10.1 Å². The van der Waals surface area contributed by atoms with Gasteiger partial charge in [-0.05, 0) is 24.6 Å². The van der Waals surface area contributed by atoms with Gasteiger partial charge in [0.2, 0.25) is 0 Å². The van der Waals surface area contributed by atoms with Crippen LogP contribution in [0.3, 0.4) is 0 Å². The molecule has 0 aromatic heterocycles. The minimum Gasteiger partial charge on any atom is -0.423 e. The van der Waals surface area contributed by atoms with E-state index in [1.165, 1.54) is 12.1 Å². The summed E-state index contributed by atoms with van der Waals surface area (Å²) in [6, 6.07) is 4.67. The smallest absolute Gasteiger partial charge is 0.423 e. The summed E-state index contributed by atoms with van der Waals surface area (Å²) >= 11 is 0. The molecular formula is C11H13F2NO2. The number of halogens is 2. The third-order valence-corrected chi connectivity index (χ3v) is 1.89. The lowest BCUT2D eigenvalue weighted by Crippen LogP contribution is -2.43. The molecule has 1 aromatic carbocycles. The van der Waals surface area contributed by atoms with Crippen molar-refractivity contribution < 1.29 is 18.3 Å². The van der Waals surface area contributed by atoms with Crippen LogP contribution < -0.4 is 10.1 Å². The zero-order chi connectivity index (χ0) is 12.3. The molecule has 0 saturated heterocycles. The van der Waals surface area contributed by atoms with Crippen molar-refractivity contribution >= 4 is 11.6 Å². The quantitative estimate of drug-likeness (QED) is 0.742. The van der Waals surface area contributed by atoms with Crippen molar-refractivity contribution in [2.75, 3.05) is 5.32 Å². The molecule has 0 radical (unpaired) electrons. The van der Waals surface area contributed by atoms with E-state index in [4.69, 9.17) is 0 Å². The van der Waals surface area contributed by atoms with Crippen LogP contribution in [0, 0.1) is 6.92 Å². The van der Waals surface area contributed by atoms with Gasteiger partial charge in [0, 0.05) is 0 Å². The first-order valence-corrected chi connectivity index (χ1v) is 4.98. The third-order valence-electron chi connectivity index (χ3n) is 1.89. The van der Waals surface area contributed by atoms with Crippen molar-refractivity contribution in [2.45, 2.75) is 26.9 Å². The molecule has 1 heterocycles.